The van der Waals surface area contributed by atoms with E-state index >= 15 is 0 Å². The van der Waals surface area contributed by atoms with E-state index in [9.17, 15) is 0 Å². The number of ether oxygens (including phenoxy) is 1. The first-order valence-corrected chi connectivity index (χ1v) is 5.97. The lowest BCUT2D eigenvalue weighted by Crippen LogP contribution is -2.00. The summed E-state index contributed by atoms with van der Waals surface area (Å²) in [6.07, 6.45) is 2.55. The number of thiophene rings is 1. The molecule has 0 atom stereocenters. The summed E-state index contributed by atoms with van der Waals surface area (Å²) in [5.74, 6) is 0.744. The van der Waals surface area contributed by atoms with E-state index < -0.39 is 0 Å². The predicted molar refractivity (Wildman–Crippen MR) is 63.7 cm³/mol. The Kier molecular flexibility index (Phi) is 3.91. The topological polar surface area (TPSA) is 42.4 Å². The monoisotopic (exact) mass is 235 g/mol. The Hall–Kier alpha value is -1.39. The zero-order valence-corrected chi connectivity index (χ0v) is 9.61. The van der Waals surface area contributed by atoms with Crippen molar-refractivity contribution in [2.24, 2.45) is 0 Å². The van der Waals surface area contributed by atoms with Crippen LogP contribution in [0.2, 0.25) is 0 Å². The number of aliphatic hydroxyl groups is 1. The second kappa shape index (κ2) is 5.63. The van der Waals surface area contributed by atoms with Gasteiger partial charge in [-0.2, -0.15) is 0 Å². The third kappa shape index (κ3) is 3.05. The average Bonchev–Trinajstić information content (AvgIpc) is 2.83. The first kappa shape index (κ1) is 11.1. The van der Waals surface area contributed by atoms with Gasteiger partial charge in [0.25, 0.3) is 0 Å². The minimum atomic E-state index is -0.0323. The van der Waals surface area contributed by atoms with Crippen molar-refractivity contribution in [2.45, 2.75) is 13.0 Å². The maximum atomic E-state index is 8.83. The second-order valence-electron chi connectivity index (χ2n) is 3.32. The van der Waals surface area contributed by atoms with E-state index in [0.29, 0.717) is 12.3 Å². The molecule has 4 heteroatoms. The molecule has 0 aromatic carbocycles. The van der Waals surface area contributed by atoms with Crippen LogP contribution in [-0.4, -0.2) is 16.7 Å². The van der Waals surface area contributed by atoms with Gasteiger partial charge in [-0.3, -0.25) is 4.98 Å². The molecule has 0 spiro atoms. The van der Waals surface area contributed by atoms with Crippen molar-refractivity contribution in [3.05, 3.63) is 46.4 Å². The highest BCUT2D eigenvalue weighted by atomic mass is 32.1. The Labute approximate surface area is 98.4 Å². The van der Waals surface area contributed by atoms with E-state index in [0.717, 1.165) is 12.2 Å². The Morgan fingerprint density at radius 1 is 1.31 bits per heavy atom. The van der Waals surface area contributed by atoms with Gasteiger partial charge in [0.1, 0.15) is 5.75 Å². The van der Waals surface area contributed by atoms with Gasteiger partial charge in [-0.15, -0.1) is 11.3 Å². The average molecular weight is 235 g/mol. The van der Waals surface area contributed by atoms with E-state index in [-0.39, 0.29) is 6.61 Å². The van der Waals surface area contributed by atoms with Gasteiger partial charge >= 0.3 is 0 Å². The van der Waals surface area contributed by atoms with Crippen LogP contribution in [0.3, 0.4) is 0 Å². The maximum absolute atomic E-state index is 8.83. The molecule has 0 radical (unpaired) electrons. The number of aliphatic hydroxyl groups excluding tert-OH is 1. The maximum Gasteiger partial charge on any atom is 0.137 e. The molecule has 2 aromatic heterocycles. The van der Waals surface area contributed by atoms with Gasteiger partial charge in [0.05, 0.1) is 25.1 Å². The van der Waals surface area contributed by atoms with Crippen LogP contribution in [0.15, 0.2) is 35.8 Å². The third-order valence-corrected chi connectivity index (χ3v) is 3.09. The fraction of sp³-hybridized carbons (Fsp3) is 0.250. The molecule has 0 bridgehead atoms. The lowest BCUT2D eigenvalue weighted by molar-refractivity contribution is 0.275. The van der Waals surface area contributed by atoms with E-state index in [2.05, 4.69) is 16.4 Å². The first-order chi connectivity index (χ1) is 7.88. The predicted octanol–water partition coefficient (Wildman–Crippen LogP) is 2.26. The molecular weight excluding hydrogens is 222 g/mol. The van der Waals surface area contributed by atoms with Crippen molar-refractivity contribution in [1.29, 1.82) is 0 Å². The fourth-order valence-electron chi connectivity index (χ4n) is 1.31. The van der Waals surface area contributed by atoms with Crippen LogP contribution in [0.25, 0.3) is 0 Å². The van der Waals surface area contributed by atoms with Crippen LogP contribution in [-0.2, 0) is 13.0 Å². The van der Waals surface area contributed by atoms with Gasteiger partial charge < -0.3 is 9.84 Å². The molecule has 2 rings (SSSR count). The van der Waals surface area contributed by atoms with Gasteiger partial charge in [-0.1, -0.05) is 6.07 Å². The van der Waals surface area contributed by atoms with Crippen molar-refractivity contribution >= 4 is 11.3 Å². The summed E-state index contributed by atoms with van der Waals surface area (Å²) in [7, 11) is 0. The second-order valence-corrected chi connectivity index (χ2v) is 4.35. The van der Waals surface area contributed by atoms with E-state index in [1.807, 2.05) is 12.1 Å². The molecule has 0 aliphatic heterocycles. The van der Waals surface area contributed by atoms with Crippen molar-refractivity contribution < 1.29 is 9.84 Å². The number of pyridine rings is 1. The van der Waals surface area contributed by atoms with Crippen molar-refractivity contribution in [2.75, 3.05) is 6.61 Å². The van der Waals surface area contributed by atoms with Crippen molar-refractivity contribution in [3.63, 3.8) is 0 Å². The van der Waals surface area contributed by atoms with Crippen LogP contribution < -0.4 is 4.74 Å². The quantitative estimate of drug-likeness (QED) is 0.864. The summed E-state index contributed by atoms with van der Waals surface area (Å²) < 4.78 is 5.54. The number of aromatic nitrogens is 1. The summed E-state index contributed by atoms with van der Waals surface area (Å²) in [5, 5.41) is 10.9. The van der Waals surface area contributed by atoms with Crippen LogP contribution in [0.1, 0.15) is 10.6 Å². The molecule has 0 fully saturated rings. The Balaban J connectivity index is 1.81. The largest absolute Gasteiger partial charge is 0.492 e. The van der Waals surface area contributed by atoms with Gasteiger partial charge in [-0.05, 0) is 23.6 Å². The van der Waals surface area contributed by atoms with E-state index in [1.165, 1.54) is 4.88 Å². The summed E-state index contributed by atoms with van der Waals surface area (Å²) in [6.45, 7) is 0.621. The molecule has 0 aliphatic carbocycles. The summed E-state index contributed by atoms with van der Waals surface area (Å²) >= 11 is 1.74. The zero-order chi connectivity index (χ0) is 11.2. The molecule has 0 aliphatic rings. The van der Waals surface area contributed by atoms with Gasteiger partial charge in [-0.25, -0.2) is 0 Å². The lowest BCUT2D eigenvalue weighted by atomic mass is 10.3. The molecule has 2 aromatic rings. The van der Waals surface area contributed by atoms with Crippen LogP contribution in [0, 0.1) is 0 Å². The molecule has 16 heavy (non-hydrogen) atoms. The minimum Gasteiger partial charge on any atom is -0.492 e. The fourth-order valence-corrected chi connectivity index (χ4v) is 2.00. The highest BCUT2D eigenvalue weighted by Gasteiger charge is 1.97. The highest BCUT2D eigenvalue weighted by molar-refractivity contribution is 7.09. The molecule has 84 valence electrons. The summed E-state index contributed by atoms with van der Waals surface area (Å²) in [5.41, 5.74) is 0.658. The Bertz CT molecular complexity index is 411. The first-order valence-electron chi connectivity index (χ1n) is 5.09. The van der Waals surface area contributed by atoms with E-state index in [4.69, 9.17) is 9.84 Å². The summed E-state index contributed by atoms with van der Waals surface area (Å²) in [4.78, 5) is 5.36. The molecule has 1 N–H and O–H groups in total. The molecule has 0 saturated carbocycles. The molecule has 0 unspecified atom stereocenters. The number of hydrogen-bond donors (Lipinski definition) is 1. The smallest absolute Gasteiger partial charge is 0.137 e. The standard InChI is InChI=1S/C12H13NO2S/c14-9-10-3-4-11(8-13-10)15-6-5-12-2-1-7-16-12/h1-4,7-8,14H,5-6,9H2. The minimum absolute atomic E-state index is 0.0323. The normalized spacial score (nSPS) is 10.3. The van der Waals surface area contributed by atoms with Crippen molar-refractivity contribution in [3.8, 4) is 5.75 Å². The van der Waals surface area contributed by atoms with Gasteiger partial charge in [0.15, 0.2) is 0 Å². The van der Waals surface area contributed by atoms with Gasteiger partial charge in [0, 0.05) is 11.3 Å². The SMILES string of the molecule is OCc1ccc(OCCc2cccs2)cn1. The number of rotatable bonds is 5. The molecule has 0 saturated heterocycles. The Morgan fingerprint density at radius 3 is 2.88 bits per heavy atom. The third-order valence-electron chi connectivity index (χ3n) is 2.16. The Morgan fingerprint density at radius 2 is 2.25 bits per heavy atom. The zero-order valence-electron chi connectivity index (χ0n) is 8.80. The molecule has 3 nitrogen and oxygen atoms in total. The van der Waals surface area contributed by atoms with Crippen LogP contribution in [0.5, 0.6) is 5.75 Å². The number of nitrogens with zero attached hydrogens (tertiary/aromatic N) is 1. The molecular formula is C12H13NO2S. The lowest BCUT2D eigenvalue weighted by Gasteiger charge is -2.04. The van der Waals surface area contributed by atoms with Crippen LogP contribution >= 0.6 is 11.3 Å². The molecule has 0 amide bonds. The number of hydrogen-bond acceptors (Lipinski definition) is 4. The van der Waals surface area contributed by atoms with E-state index in [1.54, 1.807) is 23.6 Å². The summed E-state index contributed by atoms with van der Waals surface area (Å²) in [6, 6.07) is 7.73. The van der Waals surface area contributed by atoms with Crippen LogP contribution in [0.4, 0.5) is 0 Å². The van der Waals surface area contributed by atoms with Gasteiger partial charge in [0.2, 0.25) is 0 Å². The highest BCUT2D eigenvalue weighted by Crippen LogP contribution is 2.12. The molecule has 2 heterocycles. The van der Waals surface area contributed by atoms with Crippen molar-refractivity contribution in [1.82, 2.24) is 4.98 Å².